The van der Waals surface area contributed by atoms with Gasteiger partial charge in [0.2, 0.25) is 5.92 Å². The molecule has 1 atom stereocenters. The predicted octanol–water partition coefficient (Wildman–Crippen LogP) is 3.41. The lowest BCUT2D eigenvalue weighted by atomic mass is 9.83. The largest absolute Gasteiger partial charge is 0.299 e. The second-order valence-corrected chi connectivity index (χ2v) is 5.09. The minimum absolute atomic E-state index is 0.0257. The number of alkyl halides is 2. The molecule has 0 radical (unpaired) electrons. The van der Waals surface area contributed by atoms with Gasteiger partial charge in [-0.1, -0.05) is 0 Å². The molecule has 1 aliphatic carbocycles. The third-order valence-electron chi connectivity index (χ3n) is 3.41. The molecular formula is C14H17F2NO. The summed E-state index contributed by atoms with van der Waals surface area (Å²) in [6.45, 7) is 0. The van der Waals surface area contributed by atoms with Crippen LogP contribution in [0.25, 0.3) is 0 Å². The normalized spacial score (nSPS) is 22.7. The number of Topliss-reactive ketones (excluding diaryl/α,β-unsaturated/α-hetero) is 1. The molecule has 0 amide bonds. The van der Waals surface area contributed by atoms with E-state index in [4.69, 9.17) is 0 Å². The molecule has 1 fully saturated rings. The van der Waals surface area contributed by atoms with E-state index in [1.807, 2.05) is 0 Å². The molecule has 4 heteroatoms. The monoisotopic (exact) mass is 253 g/mol. The number of carbonyl (C=O) groups is 1. The van der Waals surface area contributed by atoms with E-state index < -0.39 is 5.92 Å². The average molecular weight is 253 g/mol. The fraction of sp³-hybridized carbons (Fsp3) is 0.571. The van der Waals surface area contributed by atoms with E-state index >= 15 is 0 Å². The molecule has 0 saturated heterocycles. The van der Waals surface area contributed by atoms with Gasteiger partial charge in [-0.15, -0.1) is 0 Å². The van der Waals surface area contributed by atoms with Gasteiger partial charge in [-0.25, -0.2) is 8.78 Å². The minimum Gasteiger partial charge on any atom is -0.299 e. The number of ketones is 1. The number of nitrogens with zero attached hydrogens (tertiary/aromatic N) is 1. The molecule has 0 aromatic carbocycles. The summed E-state index contributed by atoms with van der Waals surface area (Å²) in [4.78, 5) is 15.7. The van der Waals surface area contributed by atoms with Crippen LogP contribution in [-0.4, -0.2) is 16.7 Å². The highest BCUT2D eigenvalue weighted by molar-refractivity contribution is 5.81. The van der Waals surface area contributed by atoms with Gasteiger partial charge >= 0.3 is 0 Å². The fourth-order valence-electron chi connectivity index (χ4n) is 2.57. The molecule has 1 aromatic heterocycles. The van der Waals surface area contributed by atoms with Crippen LogP contribution in [-0.2, 0) is 11.2 Å². The Morgan fingerprint density at radius 1 is 1.39 bits per heavy atom. The second kappa shape index (κ2) is 5.55. The lowest BCUT2D eigenvalue weighted by Gasteiger charge is -2.28. The Kier molecular flexibility index (Phi) is 4.04. The zero-order chi connectivity index (χ0) is 13.0. The van der Waals surface area contributed by atoms with Crippen LogP contribution in [0, 0.1) is 5.92 Å². The number of carbonyl (C=O) groups excluding carboxylic acids is 1. The average Bonchev–Trinajstić information content (AvgIpc) is 2.28. The van der Waals surface area contributed by atoms with Crippen molar-refractivity contribution in [3.63, 3.8) is 0 Å². The topological polar surface area (TPSA) is 30.0 Å². The maximum Gasteiger partial charge on any atom is 0.248 e. The van der Waals surface area contributed by atoms with Gasteiger partial charge in [0, 0.05) is 38.1 Å². The highest BCUT2D eigenvalue weighted by atomic mass is 19.3. The third-order valence-corrected chi connectivity index (χ3v) is 3.41. The van der Waals surface area contributed by atoms with Crippen LogP contribution >= 0.6 is 0 Å². The number of hydrogen-bond donors (Lipinski definition) is 0. The van der Waals surface area contributed by atoms with Crippen LogP contribution in [0.4, 0.5) is 8.78 Å². The quantitative estimate of drug-likeness (QED) is 0.823. The van der Waals surface area contributed by atoms with Crippen molar-refractivity contribution in [1.82, 2.24) is 4.98 Å². The minimum atomic E-state index is -2.57. The van der Waals surface area contributed by atoms with Crippen molar-refractivity contribution < 1.29 is 13.6 Å². The Balaban J connectivity index is 1.84. The molecule has 1 heterocycles. The molecule has 0 aliphatic heterocycles. The SMILES string of the molecule is O=C(Cc1ccncc1)CC1CCCC(F)(F)C1. The molecule has 2 rings (SSSR count). The van der Waals surface area contributed by atoms with E-state index in [2.05, 4.69) is 4.98 Å². The van der Waals surface area contributed by atoms with E-state index in [0.717, 1.165) is 12.0 Å². The van der Waals surface area contributed by atoms with Crippen LogP contribution in [0.2, 0.25) is 0 Å². The van der Waals surface area contributed by atoms with Gasteiger partial charge in [-0.3, -0.25) is 9.78 Å². The number of halogens is 2. The molecule has 0 spiro atoms. The summed E-state index contributed by atoms with van der Waals surface area (Å²) in [5, 5.41) is 0. The van der Waals surface area contributed by atoms with Gasteiger partial charge in [-0.05, 0) is 36.5 Å². The summed E-state index contributed by atoms with van der Waals surface area (Å²) < 4.78 is 26.4. The highest BCUT2D eigenvalue weighted by Crippen LogP contribution is 2.38. The molecule has 1 unspecified atom stereocenters. The van der Waals surface area contributed by atoms with Crippen LogP contribution in [0.1, 0.15) is 37.7 Å². The van der Waals surface area contributed by atoms with Crippen molar-refractivity contribution in [2.24, 2.45) is 5.92 Å². The van der Waals surface area contributed by atoms with Crippen LogP contribution in [0.15, 0.2) is 24.5 Å². The maximum absolute atomic E-state index is 13.2. The summed E-state index contributed by atoms with van der Waals surface area (Å²) in [6.07, 6.45) is 4.99. The Labute approximate surface area is 105 Å². The first-order valence-corrected chi connectivity index (χ1v) is 6.34. The van der Waals surface area contributed by atoms with Crippen LogP contribution in [0.3, 0.4) is 0 Å². The zero-order valence-corrected chi connectivity index (χ0v) is 10.2. The number of hydrogen-bond acceptors (Lipinski definition) is 2. The van der Waals surface area contributed by atoms with Crippen molar-refractivity contribution in [3.05, 3.63) is 30.1 Å². The zero-order valence-electron chi connectivity index (χ0n) is 10.2. The van der Waals surface area contributed by atoms with Gasteiger partial charge in [-0.2, -0.15) is 0 Å². The van der Waals surface area contributed by atoms with Crippen molar-refractivity contribution in [2.75, 3.05) is 0 Å². The Bertz CT molecular complexity index is 406. The molecule has 1 aromatic rings. The first kappa shape index (κ1) is 13.1. The standard InChI is InChI=1S/C14H17F2NO/c15-14(16)5-1-2-12(10-14)9-13(18)8-11-3-6-17-7-4-11/h3-4,6-7,12H,1-2,5,8-10H2. The predicted molar refractivity (Wildman–Crippen MR) is 64.5 cm³/mol. The van der Waals surface area contributed by atoms with Gasteiger partial charge in [0.15, 0.2) is 0 Å². The van der Waals surface area contributed by atoms with Crippen molar-refractivity contribution in [2.45, 2.75) is 44.4 Å². The van der Waals surface area contributed by atoms with Crippen molar-refractivity contribution in [1.29, 1.82) is 0 Å². The number of pyridine rings is 1. The summed E-state index contributed by atoms with van der Waals surface area (Å²) in [7, 11) is 0. The second-order valence-electron chi connectivity index (χ2n) is 5.09. The van der Waals surface area contributed by atoms with E-state index in [9.17, 15) is 13.6 Å². The van der Waals surface area contributed by atoms with Crippen molar-refractivity contribution >= 4 is 5.78 Å². The Morgan fingerprint density at radius 3 is 2.78 bits per heavy atom. The summed E-state index contributed by atoms with van der Waals surface area (Å²) in [6, 6.07) is 3.57. The summed E-state index contributed by atoms with van der Waals surface area (Å²) in [5.74, 6) is -2.67. The lowest BCUT2D eigenvalue weighted by Crippen LogP contribution is -2.27. The number of rotatable bonds is 4. The van der Waals surface area contributed by atoms with E-state index in [0.29, 0.717) is 12.8 Å². The Morgan fingerprint density at radius 2 is 2.11 bits per heavy atom. The van der Waals surface area contributed by atoms with E-state index in [1.54, 1.807) is 24.5 Å². The third kappa shape index (κ3) is 3.86. The fourth-order valence-corrected chi connectivity index (χ4v) is 2.57. The van der Waals surface area contributed by atoms with E-state index in [1.165, 1.54) is 0 Å². The number of aromatic nitrogens is 1. The maximum atomic E-state index is 13.2. The Hall–Kier alpha value is -1.32. The van der Waals surface area contributed by atoms with Crippen molar-refractivity contribution in [3.8, 4) is 0 Å². The van der Waals surface area contributed by atoms with Crippen LogP contribution in [0.5, 0.6) is 0 Å². The molecular weight excluding hydrogens is 236 g/mol. The van der Waals surface area contributed by atoms with Gasteiger partial charge < -0.3 is 0 Å². The molecule has 98 valence electrons. The lowest BCUT2D eigenvalue weighted by molar-refractivity contribution is -0.121. The molecule has 2 nitrogen and oxygen atoms in total. The molecule has 1 saturated carbocycles. The first-order chi connectivity index (χ1) is 8.55. The summed E-state index contributed by atoms with van der Waals surface area (Å²) >= 11 is 0. The summed E-state index contributed by atoms with van der Waals surface area (Å²) in [5.41, 5.74) is 0.901. The van der Waals surface area contributed by atoms with Gasteiger partial charge in [0.05, 0.1) is 0 Å². The molecule has 0 bridgehead atoms. The first-order valence-electron chi connectivity index (χ1n) is 6.34. The smallest absolute Gasteiger partial charge is 0.248 e. The molecule has 1 aliphatic rings. The highest BCUT2D eigenvalue weighted by Gasteiger charge is 2.36. The van der Waals surface area contributed by atoms with Gasteiger partial charge in [0.25, 0.3) is 0 Å². The van der Waals surface area contributed by atoms with Crippen LogP contribution < -0.4 is 0 Å². The van der Waals surface area contributed by atoms with Gasteiger partial charge in [0.1, 0.15) is 5.78 Å². The molecule has 0 N–H and O–H groups in total. The van der Waals surface area contributed by atoms with E-state index in [-0.39, 0.29) is 31.0 Å². The molecule has 18 heavy (non-hydrogen) atoms.